The van der Waals surface area contributed by atoms with Crippen LogP contribution < -0.4 is 4.65 Å². The largest absolute Gasteiger partial charge is 0.707 e. The van der Waals surface area contributed by atoms with Crippen molar-refractivity contribution in [3.05, 3.63) is 29.8 Å². The van der Waals surface area contributed by atoms with Crippen LogP contribution in [0.3, 0.4) is 0 Å². The summed E-state index contributed by atoms with van der Waals surface area (Å²) in [7, 11) is -1.89. The Morgan fingerprint density at radius 1 is 1.43 bits per heavy atom. The van der Waals surface area contributed by atoms with Crippen molar-refractivity contribution in [2.75, 3.05) is 0 Å². The number of carboxylic acid groups (broad SMARTS) is 1. The Labute approximate surface area is 80.7 Å². The van der Waals surface area contributed by atoms with E-state index in [1.165, 1.54) is 12.1 Å². The fraction of sp³-hybridized carbons (Fsp3) is 0.125. The molecule has 0 saturated carbocycles. The van der Waals surface area contributed by atoms with Crippen LogP contribution in [-0.2, 0) is 11.2 Å². The number of hydrogen-bond acceptors (Lipinski definition) is 4. The second-order valence-electron chi connectivity index (χ2n) is 2.66. The van der Waals surface area contributed by atoms with E-state index in [1.54, 1.807) is 12.1 Å². The van der Waals surface area contributed by atoms with Crippen LogP contribution in [0, 0.1) is 0 Å². The minimum Gasteiger partial charge on any atom is -0.512 e. The summed E-state index contributed by atoms with van der Waals surface area (Å²) in [6, 6.07) is 6.14. The van der Waals surface area contributed by atoms with E-state index >= 15 is 0 Å². The van der Waals surface area contributed by atoms with E-state index in [4.69, 9.17) is 15.2 Å². The molecule has 1 rings (SSSR count). The van der Waals surface area contributed by atoms with E-state index < -0.39 is 13.3 Å². The maximum atomic E-state index is 10.4. The molecule has 0 radical (unpaired) electrons. The SMILES string of the molecule is O=C(O)Cc1cccc(OB(O)O)c1. The third-order valence-electron chi connectivity index (χ3n) is 1.50. The average Bonchev–Trinajstić information content (AvgIpc) is 2.01. The van der Waals surface area contributed by atoms with Gasteiger partial charge in [0.15, 0.2) is 0 Å². The van der Waals surface area contributed by atoms with Crippen LogP contribution in [0.4, 0.5) is 0 Å². The van der Waals surface area contributed by atoms with Crippen molar-refractivity contribution in [2.45, 2.75) is 6.42 Å². The van der Waals surface area contributed by atoms with Crippen molar-refractivity contribution >= 4 is 13.3 Å². The molecule has 0 bridgehead atoms. The lowest BCUT2D eigenvalue weighted by Crippen LogP contribution is -2.20. The molecule has 1 aromatic rings. The van der Waals surface area contributed by atoms with Gasteiger partial charge in [0.2, 0.25) is 0 Å². The van der Waals surface area contributed by atoms with Gasteiger partial charge >= 0.3 is 13.3 Å². The zero-order chi connectivity index (χ0) is 10.6. The fourth-order valence-corrected chi connectivity index (χ4v) is 1.03. The second kappa shape index (κ2) is 4.64. The van der Waals surface area contributed by atoms with E-state index in [1.807, 2.05) is 0 Å². The quantitative estimate of drug-likeness (QED) is 0.573. The number of rotatable bonds is 4. The van der Waals surface area contributed by atoms with Crippen molar-refractivity contribution in [3.63, 3.8) is 0 Å². The molecular weight excluding hydrogens is 187 g/mol. The summed E-state index contributed by atoms with van der Waals surface area (Å²) in [5, 5.41) is 25.5. The smallest absolute Gasteiger partial charge is 0.512 e. The van der Waals surface area contributed by atoms with Crippen molar-refractivity contribution in [2.24, 2.45) is 0 Å². The lowest BCUT2D eigenvalue weighted by Gasteiger charge is -2.05. The molecule has 0 amide bonds. The molecule has 3 N–H and O–H groups in total. The maximum Gasteiger partial charge on any atom is 0.707 e. The van der Waals surface area contributed by atoms with E-state index in [2.05, 4.69) is 4.65 Å². The summed E-state index contributed by atoms with van der Waals surface area (Å²) in [5.74, 6) is -0.731. The minimum absolute atomic E-state index is 0.126. The minimum atomic E-state index is -1.89. The number of benzene rings is 1. The van der Waals surface area contributed by atoms with Gasteiger partial charge in [-0.3, -0.25) is 4.79 Å². The summed E-state index contributed by atoms with van der Waals surface area (Å²) in [4.78, 5) is 10.4. The second-order valence-corrected chi connectivity index (χ2v) is 2.66. The molecule has 6 heteroatoms. The molecule has 14 heavy (non-hydrogen) atoms. The van der Waals surface area contributed by atoms with Crippen LogP contribution in [0.1, 0.15) is 5.56 Å². The molecule has 0 saturated heterocycles. The van der Waals surface area contributed by atoms with E-state index in [0.717, 1.165) is 0 Å². The monoisotopic (exact) mass is 196 g/mol. The Kier molecular flexibility index (Phi) is 3.50. The van der Waals surface area contributed by atoms with Crippen molar-refractivity contribution in [1.29, 1.82) is 0 Å². The standard InChI is InChI=1S/C8H9BO5/c10-8(11)5-6-2-1-3-7(4-6)14-9(12)13/h1-4,12-13H,5H2,(H,10,11). The number of carbonyl (C=O) groups is 1. The number of hydrogen-bond donors (Lipinski definition) is 3. The Hall–Kier alpha value is -1.53. The number of carboxylic acids is 1. The van der Waals surface area contributed by atoms with Gasteiger partial charge in [0.05, 0.1) is 6.42 Å². The first kappa shape index (κ1) is 10.6. The van der Waals surface area contributed by atoms with Crippen LogP contribution in [0.2, 0.25) is 0 Å². The van der Waals surface area contributed by atoms with Gasteiger partial charge in [0.1, 0.15) is 5.75 Å². The molecular formula is C8H9BO5. The molecule has 1 aromatic carbocycles. The zero-order valence-electron chi connectivity index (χ0n) is 7.25. The van der Waals surface area contributed by atoms with Crippen molar-refractivity contribution in [3.8, 4) is 5.75 Å². The Bertz CT molecular complexity index is 325. The highest BCUT2D eigenvalue weighted by Crippen LogP contribution is 2.13. The normalized spacial score (nSPS) is 9.57. The molecule has 5 nitrogen and oxygen atoms in total. The first-order chi connectivity index (χ1) is 6.58. The van der Waals surface area contributed by atoms with Crippen LogP contribution in [0.25, 0.3) is 0 Å². The van der Waals surface area contributed by atoms with Gasteiger partial charge in [0.25, 0.3) is 0 Å². The molecule has 74 valence electrons. The van der Waals surface area contributed by atoms with Gasteiger partial charge in [-0.1, -0.05) is 12.1 Å². The first-order valence-corrected chi connectivity index (χ1v) is 3.91. The molecule has 0 aliphatic heterocycles. The predicted molar refractivity (Wildman–Crippen MR) is 48.6 cm³/mol. The van der Waals surface area contributed by atoms with E-state index in [0.29, 0.717) is 5.56 Å². The highest BCUT2D eigenvalue weighted by Gasteiger charge is 2.11. The Morgan fingerprint density at radius 2 is 2.14 bits per heavy atom. The van der Waals surface area contributed by atoms with E-state index in [-0.39, 0.29) is 12.2 Å². The maximum absolute atomic E-state index is 10.4. The lowest BCUT2D eigenvalue weighted by atomic mass is 10.1. The van der Waals surface area contributed by atoms with Gasteiger partial charge in [-0.25, -0.2) is 0 Å². The summed E-state index contributed by atoms with van der Waals surface area (Å²) in [6.45, 7) is 0. The van der Waals surface area contributed by atoms with Crippen molar-refractivity contribution < 1.29 is 24.6 Å². The third kappa shape index (κ3) is 3.46. The molecule has 0 aromatic heterocycles. The van der Waals surface area contributed by atoms with Gasteiger partial charge in [-0.15, -0.1) is 0 Å². The Balaban J connectivity index is 2.73. The van der Waals surface area contributed by atoms with E-state index in [9.17, 15) is 4.79 Å². The molecule has 0 aliphatic carbocycles. The molecule has 0 heterocycles. The topological polar surface area (TPSA) is 87.0 Å². The summed E-state index contributed by atoms with van der Waals surface area (Å²) < 4.78 is 4.55. The van der Waals surface area contributed by atoms with Crippen LogP contribution in [-0.4, -0.2) is 28.4 Å². The van der Waals surface area contributed by atoms with Crippen LogP contribution in [0.5, 0.6) is 5.75 Å². The first-order valence-electron chi connectivity index (χ1n) is 3.91. The van der Waals surface area contributed by atoms with Gasteiger partial charge in [-0.2, -0.15) is 0 Å². The van der Waals surface area contributed by atoms with Crippen molar-refractivity contribution in [1.82, 2.24) is 0 Å². The molecule has 0 atom stereocenters. The van der Waals surface area contributed by atoms with Crippen LogP contribution in [0.15, 0.2) is 24.3 Å². The van der Waals surface area contributed by atoms with Crippen LogP contribution >= 0.6 is 0 Å². The lowest BCUT2D eigenvalue weighted by molar-refractivity contribution is -0.136. The molecule has 0 aliphatic rings. The van der Waals surface area contributed by atoms with Gasteiger partial charge < -0.3 is 19.8 Å². The molecule has 0 unspecified atom stereocenters. The summed E-state index contributed by atoms with van der Waals surface area (Å²) in [6.07, 6.45) is -0.126. The fourth-order valence-electron chi connectivity index (χ4n) is 1.03. The summed E-state index contributed by atoms with van der Waals surface area (Å²) >= 11 is 0. The highest BCUT2D eigenvalue weighted by molar-refractivity contribution is 6.33. The van der Waals surface area contributed by atoms with Gasteiger partial charge in [0, 0.05) is 0 Å². The summed E-state index contributed by atoms with van der Waals surface area (Å²) in [5.41, 5.74) is 0.538. The highest BCUT2D eigenvalue weighted by atomic mass is 16.6. The van der Waals surface area contributed by atoms with Gasteiger partial charge in [-0.05, 0) is 17.7 Å². The Morgan fingerprint density at radius 3 is 2.71 bits per heavy atom. The third-order valence-corrected chi connectivity index (χ3v) is 1.50. The molecule has 0 spiro atoms. The zero-order valence-corrected chi connectivity index (χ0v) is 7.25. The number of aliphatic carboxylic acids is 1. The predicted octanol–water partition coefficient (Wildman–Crippen LogP) is -0.338. The average molecular weight is 196 g/mol. The molecule has 0 fully saturated rings.